The topological polar surface area (TPSA) is 58.9 Å². The smallest absolute Gasteiger partial charge is 0.250 e. The molecule has 1 N–H and O–H groups in total. The molecule has 0 aliphatic carbocycles. The molecular formula is C13H7Cl6N3O. The van der Waals surface area contributed by atoms with Crippen LogP contribution in [0, 0.1) is 0 Å². The van der Waals surface area contributed by atoms with E-state index in [9.17, 15) is 5.11 Å². The van der Waals surface area contributed by atoms with Gasteiger partial charge in [-0.3, -0.25) is 0 Å². The number of hydrogen-bond acceptors (Lipinski definition) is 4. The van der Waals surface area contributed by atoms with Crippen molar-refractivity contribution in [2.75, 3.05) is 0 Å². The second-order valence-electron chi connectivity index (χ2n) is 4.26. The molecule has 0 bridgehead atoms. The van der Waals surface area contributed by atoms with Crippen molar-refractivity contribution < 1.29 is 5.11 Å². The van der Waals surface area contributed by atoms with Crippen LogP contribution >= 0.6 is 69.6 Å². The van der Waals surface area contributed by atoms with Gasteiger partial charge in [0.05, 0.1) is 0 Å². The molecule has 1 aromatic heterocycles. The average Bonchev–Trinajstić information content (AvgIpc) is 2.43. The van der Waals surface area contributed by atoms with Gasteiger partial charge in [0.25, 0.3) is 0 Å². The fourth-order valence-corrected chi connectivity index (χ4v) is 2.03. The minimum Gasteiger partial charge on any atom is -0.508 e. The molecule has 0 saturated heterocycles. The van der Waals surface area contributed by atoms with E-state index < -0.39 is 7.59 Å². The third-order valence-electron chi connectivity index (χ3n) is 2.45. The maximum atomic E-state index is 9.43. The van der Waals surface area contributed by atoms with E-state index in [2.05, 4.69) is 15.0 Å². The molecule has 0 amide bonds. The van der Waals surface area contributed by atoms with E-state index in [1.165, 1.54) is 6.08 Å². The lowest BCUT2D eigenvalue weighted by Gasteiger charge is -2.14. The van der Waals surface area contributed by atoms with E-state index >= 15 is 0 Å². The predicted octanol–water partition coefficient (Wildman–Crippen LogP) is 5.40. The molecular weight excluding hydrogens is 427 g/mol. The molecule has 0 unspecified atom stereocenters. The number of aromatic nitrogens is 3. The summed E-state index contributed by atoms with van der Waals surface area (Å²) >= 11 is 34.7. The number of halogens is 6. The van der Waals surface area contributed by atoms with Crippen LogP contribution in [0.1, 0.15) is 23.0 Å². The van der Waals surface area contributed by atoms with Crippen molar-refractivity contribution in [1.82, 2.24) is 15.0 Å². The summed E-state index contributed by atoms with van der Waals surface area (Å²) in [4.78, 5) is 11.9. The number of phenolic OH excluding ortho intramolecular Hbond substituents is 1. The van der Waals surface area contributed by atoms with E-state index in [0.717, 1.165) is 0 Å². The zero-order chi connectivity index (χ0) is 17.3. The second kappa shape index (κ2) is 7.18. The summed E-state index contributed by atoms with van der Waals surface area (Å²) in [6.07, 6.45) is 3.15. The maximum absolute atomic E-state index is 9.43. The summed E-state index contributed by atoms with van der Waals surface area (Å²) in [6.45, 7) is 0. The van der Waals surface area contributed by atoms with Gasteiger partial charge in [-0.2, -0.15) is 0 Å². The third kappa shape index (κ3) is 5.52. The Labute approximate surface area is 162 Å². The van der Waals surface area contributed by atoms with Crippen LogP contribution in [0.4, 0.5) is 0 Å². The van der Waals surface area contributed by atoms with Gasteiger partial charge in [0.2, 0.25) is 7.59 Å². The van der Waals surface area contributed by atoms with Crippen LogP contribution in [0.15, 0.2) is 24.3 Å². The van der Waals surface area contributed by atoms with Gasteiger partial charge in [0, 0.05) is 0 Å². The minimum atomic E-state index is -1.90. The predicted molar refractivity (Wildman–Crippen MR) is 95.3 cm³/mol. The molecule has 4 nitrogen and oxygen atoms in total. The molecule has 2 aromatic rings. The van der Waals surface area contributed by atoms with Gasteiger partial charge in [0.15, 0.2) is 17.5 Å². The monoisotopic (exact) mass is 431 g/mol. The van der Waals surface area contributed by atoms with E-state index in [-0.39, 0.29) is 23.2 Å². The van der Waals surface area contributed by atoms with Crippen LogP contribution < -0.4 is 0 Å². The van der Waals surface area contributed by atoms with Crippen molar-refractivity contribution in [3.05, 3.63) is 47.3 Å². The number of aromatic hydroxyl groups is 1. The summed E-state index contributed by atoms with van der Waals surface area (Å²) in [5.41, 5.74) is 0.705. The minimum absolute atomic E-state index is 0.117. The summed E-state index contributed by atoms with van der Waals surface area (Å²) in [6, 6.07) is 6.54. The molecule has 2 rings (SSSR count). The fraction of sp³-hybridized carbons (Fsp3) is 0.154. The number of benzene rings is 1. The maximum Gasteiger partial charge on any atom is 0.250 e. The Hall–Kier alpha value is -0.490. The highest BCUT2D eigenvalue weighted by molar-refractivity contribution is 6.67. The van der Waals surface area contributed by atoms with E-state index in [0.29, 0.717) is 5.56 Å². The van der Waals surface area contributed by atoms with Crippen molar-refractivity contribution in [2.45, 2.75) is 7.59 Å². The standard InChI is InChI=1S/C13H7Cl6N3O/c14-12(15,16)10-20-9(21-11(22-10)13(17,18)19)5-4-7-2-1-3-8(23)6-7/h1-6,23H. The van der Waals surface area contributed by atoms with Gasteiger partial charge in [-0.15, -0.1) is 0 Å². The zero-order valence-corrected chi connectivity index (χ0v) is 15.6. The Morgan fingerprint density at radius 3 is 1.87 bits per heavy atom. The van der Waals surface area contributed by atoms with Crippen molar-refractivity contribution >= 4 is 81.8 Å². The highest BCUT2D eigenvalue weighted by Gasteiger charge is 2.33. The molecule has 0 saturated carbocycles. The Morgan fingerprint density at radius 1 is 0.826 bits per heavy atom. The van der Waals surface area contributed by atoms with E-state index in [1.807, 2.05) is 0 Å². The number of nitrogens with zero attached hydrogens (tertiary/aromatic N) is 3. The van der Waals surface area contributed by atoms with Crippen LogP contribution in [0.3, 0.4) is 0 Å². The number of alkyl halides is 6. The molecule has 1 aromatic carbocycles. The second-order valence-corrected chi connectivity index (χ2v) is 8.83. The molecule has 0 aliphatic heterocycles. The Morgan fingerprint density at radius 2 is 1.39 bits per heavy atom. The van der Waals surface area contributed by atoms with Gasteiger partial charge in [-0.25, -0.2) is 15.0 Å². The first-order valence-electron chi connectivity index (χ1n) is 5.93. The lowest BCUT2D eigenvalue weighted by atomic mass is 10.2. The highest BCUT2D eigenvalue weighted by atomic mass is 35.6. The fourth-order valence-electron chi connectivity index (χ4n) is 1.52. The molecule has 0 aliphatic rings. The summed E-state index contributed by atoms with van der Waals surface area (Å²) in [7, 11) is 0. The molecule has 0 atom stereocenters. The SMILES string of the molecule is Oc1cccc(C=Cc2nc(C(Cl)(Cl)Cl)nc(C(Cl)(Cl)Cl)n2)c1. The van der Waals surface area contributed by atoms with Crippen LogP contribution in [-0.4, -0.2) is 20.1 Å². The average molecular weight is 434 g/mol. The van der Waals surface area contributed by atoms with Gasteiger partial charge < -0.3 is 5.11 Å². The first-order chi connectivity index (χ1) is 10.6. The van der Waals surface area contributed by atoms with Gasteiger partial charge >= 0.3 is 0 Å². The number of phenols is 1. The van der Waals surface area contributed by atoms with E-state index in [4.69, 9.17) is 69.6 Å². The Bertz CT molecular complexity index is 707. The van der Waals surface area contributed by atoms with Gasteiger partial charge in [-0.05, 0) is 23.8 Å². The van der Waals surface area contributed by atoms with Crippen molar-refractivity contribution in [3.8, 4) is 5.75 Å². The molecule has 0 radical (unpaired) electrons. The lowest BCUT2D eigenvalue weighted by Crippen LogP contribution is -2.16. The quantitative estimate of drug-likeness (QED) is 0.644. The van der Waals surface area contributed by atoms with Crippen molar-refractivity contribution in [2.24, 2.45) is 0 Å². The summed E-state index contributed by atoms with van der Waals surface area (Å²) < 4.78 is -3.80. The molecule has 23 heavy (non-hydrogen) atoms. The van der Waals surface area contributed by atoms with Gasteiger partial charge in [-0.1, -0.05) is 87.8 Å². The Balaban J connectivity index is 2.45. The lowest BCUT2D eigenvalue weighted by molar-refractivity contribution is 0.475. The molecule has 122 valence electrons. The van der Waals surface area contributed by atoms with Crippen molar-refractivity contribution in [1.29, 1.82) is 0 Å². The largest absolute Gasteiger partial charge is 0.508 e. The van der Waals surface area contributed by atoms with Crippen LogP contribution in [0.2, 0.25) is 0 Å². The van der Waals surface area contributed by atoms with Gasteiger partial charge in [0.1, 0.15) is 5.75 Å². The Kier molecular flexibility index (Phi) is 5.88. The third-order valence-corrected chi connectivity index (χ3v) is 3.47. The first-order valence-corrected chi connectivity index (χ1v) is 8.20. The highest BCUT2D eigenvalue weighted by Crippen LogP contribution is 2.39. The van der Waals surface area contributed by atoms with Crippen molar-refractivity contribution in [3.63, 3.8) is 0 Å². The van der Waals surface area contributed by atoms with Crippen LogP contribution in [0.25, 0.3) is 12.2 Å². The normalized spacial score (nSPS) is 12.8. The first kappa shape index (κ1) is 18.8. The summed E-state index contributed by atoms with van der Waals surface area (Å²) in [5.74, 6) is -0.0958. The molecule has 1 heterocycles. The molecule has 0 spiro atoms. The number of rotatable bonds is 2. The molecule has 10 heteroatoms. The summed E-state index contributed by atoms with van der Waals surface area (Å²) in [5, 5.41) is 9.43. The van der Waals surface area contributed by atoms with E-state index in [1.54, 1.807) is 30.3 Å². The van der Waals surface area contributed by atoms with Crippen LogP contribution in [0.5, 0.6) is 5.75 Å². The van der Waals surface area contributed by atoms with Crippen LogP contribution in [-0.2, 0) is 7.59 Å². The zero-order valence-electron chi connectivity index (χ0n) is 11.0. The molecule has 0 fully saturated rings. The number of hydrogen-bond donors (Lipinski definition) is 1.